The number of carbonyl (C=O) groups excluding carboxylic acids is 2. The Hall–Kier alpha value is -2.05. The molecule has 23 heavy (non-hydrogen) atoms. The second kappa shape index (κ2) is 7.48. The summed E-state index contributed by atoms with van der Waals surface area (Å²) in [5, 5.41) is 2.89. The van der Waals surface area contributed by atoms with Crippen LogP contribution in [0.1, 0.15) is 20.7 Å². The first kappa shape index (κ1) is 17.3. The molecule has 120 valence electrons. The zero-order valence-electron chi connectivity index (χ0n) is 12.4. The Balaban J connectivity index is 2.31. The van der Waals surface area contributed by atoms with Crippen molar-refractivity contribution in [2.24, 2.45) is 0 Å². The molecule has 0 aliphatic carbocycles. The van der Waals surface area contributed by atoms with Gasteiger partial charge in [0.1, 0.15) is 11.3 Å². The minimum atomic E-state index is -0.575. The predicted octanol–water partition coefficient (Wildman–Crippen LogP) is 4.15. The van der Waals surface area contributed by atoms with Crippen LogP contribution < -0.4 is 10.1 Å². The van der Waals surface area contributed by atoms with Crippen LogP contribution in [0.15, 0.2) is 40.9 Å². The molecule has 0 aromatic heterocycles. The van der Waals surface area contributed by atoms with Crippen LogP contribution in [0.5, 0.6) is 5.75 Å². The number of halogens is 2. The van der Waals surface area contributed by atoms with Gasteiger partial charge in [-0.2, -0.15) is 0 Å². The van der Waals surface area contributed by atoms with Crippen molar-refractivity contribution in [1.29, 1.82) is 0 Å². The lowest BCUT2D eigenvalue weighted by Gasteiger charge is -2.12. The van der Waals surface area contributed by atoms with E-state index in [1.165, 1.54) is 26.4 Å². The van der Waals surface area contributed by atoms with Gasteiger partial charge in [-0.05, 0) is 30.3 Å². The topological polar surface area (TPSA) is 64.6 Å². The summed E-state index contributed by atoms with van der Waals surface area (Å²) in [6, 6.07) is 9.74. The van der Waals surface area contributed by atoms with Gasteiger partial charge < -0.3 is 14.8 Å². The number of anilines is 1. The SMILES string of the molecule is COC(=O)c1cc(Cl)c(NC(=O)c2ccc(Br)cc2)cc1OC. The molecule has 0 heterocycles. The van der Waals surface area contributed by atoms with Crippen molar-refractivity contribution in [2.45, 2.75) is 0 Å². The van der Waals surface area contributed by atoms with Gasteiger partial charge in [-0.25, -0.2) is 4.79 Å². The molecule has 2 rings (SSSR count). The number of carbonyl (C=O) groups is 2. The van der Waals surface area contributed by atoms with Gasteiger partial charge in [0.05, 0.1) is 24.9 Å². The molecule has 0 aliphatic heterocycles. The number of amides is 1. The average Bonchev–Trinajstić information content (AvgIpc) is 2.56. The van der Waals surface area contributed by atoms with E-state index in [2.05, 4.69) is 26.0 Å². The van der Waals surface area contributed by atoms with Gasteiger partial charge in [0, 0.05) is 16.1 Å². The summed E-state index contributed by atoms with van der Waals surface area (Å²) in [6.45, 7) is 0. The molecule has 0 saturated heterocycles. The van der Waals surface area contributed by atoms with E-state index in [0.717, 1.165) is 4.47 Å². The van der Waals surface area contributed by atoms with E-state index in [9.17, 15) is 9.59 Å². The zero-order chi connectivity index (χ0) is 17.0. The summed E-state index contributed by atoms with van der Waals surface area (Å²) >= 11 is 9.44. The lowest BCUT2D eigenvalue weighted by atomic mass is 10.1. The standard InChI is InChI=1S/C16H13BrClNO4/c1-22-14-8-13(12(18)7-11(14)16(21)23-2)19-15(20)9-3-5-10(17)6-4-9/h3-8H,1-2H3,(H,19,20). The number of hydrogen-bond acceptors (Lipinski definition) is 4. The first-order valence-electron chi connectivity index (χ1n) is 6.49. The first-order chi connectivity index (χ1) is 11.0. The van der Waals surface area contributed by atoms with Crippen molar-refractivity contribution in [1.82, 2.24) is 0 Å². The molecule has 5 nitrogen and oxygen atoms in total. The van der Waals surface area contributed by atoms with Gasteiger partial charge in [0.25, 0.3) is 5.91 Å². The molecular weight excluding hydrogens is 386 g/mol. The average molecular weight is 399 g/mol. The van der Waals surface area contributed by atoms with E-state index in [-0.39, 0.29) is 22.2 Å². The van der Waals surface area contributed by atoms with Crippen molar-refractivity contribution in [3.8, 4) is 5.75 Å². The molecule has 0 atom stereocenters. The fourth-order valence-corrected chi connectivity index (χ4v) is 2.36. The number of ether oxygens (including phenoxy) is 2. The van der Waals surface area contributed by atoms with E-state index in [1.54, 1.807) is 24.3 Å². The highest BCUT2D eigenvalue weighted by Gasteiger charge is 2.17. The normalized spacial score (nSPS) is 10.1. The van der Waals surface area contributed by atoms with Crippen LogP contribution in [0.2, 0.25) is 5.02 Å². The molecule has 0 unspecified atom stereocenters. The van der Waals surface area contributed by atoms with Crippen LogP contribution in [-0.2, 0) is 4.74 Å². The second-order valence-corrected chi connectivity index (χ2v) is 5.81. The third-order valence-electron chi connectivity index (χ3n) is 3.05. The number of hydrogen-bond donors (Lipinski definition) is 1. The summed E-state index contributed by atoms with van der Waals surface area (Å²) in [7, 11) is 2.68. The smallest absolute Gasteiger partial charge is 0.341 e. The van der Waals surface area contributed by atoms with Gasteiger partial charge in [-0.3, -0.25) is 4.79 Å². The molecule has 0 spiro atoms. The molecule has 2 aromatic rings. The van der Waals surface area contributed by atoms with Crippen LogP contribution in [0.4, 0.5) is 5.69 Å². The Bertz CT molecular complexity index is 746. The molecular formula is C16H13BrClNO4. The van der Waals surface area contributed by atoms with Crippen molar-refractivity contribution in [2.75, 3.05) is 19.5 Å². The maximum Gasteiger partial charge on any atom is 0.341 e. The van der Waals surface area contributed by atoms with Crippen molar-refractivity contribution in [3.63, 3.8) is 0 Å². The molecule has 0 radical (unpaired) electrons. The van der Waals surface area contributed by atoms with Crippen molar-refractivity contribution < 1.29 is 19.1 Å². The molecule has 1 N–H and O–H groups in total. The fourth-order valence-electron chi connectivity index (χ4n) is 1.88. The van der Waals surface area contributed by atoms with Gasteiger partial charge >= 0.3 is 5.97 Å². The summed E-state index contributed by atoms with van der Waals surface area (Å²) in [4.78, 5) is 23.9. The first-order valence-corrected chi connectivity index (χ1v) is 7.66. The van der Waals surface area contributed by atoms with E-state index in [4.69, 9.17) is 16.3 Å². The summed E-state index contributed by atoms with van der Waals surface area (Å²) in [6.07, 6.45) is 0. The highest BCUT2D eigenvalue weighted by atomic mass is 79.9. The maximum absolute atomic E-state index is 12.2. The summed E-state index contributed by atoms with van der Waals surface area (Å²) < 4.78 is 10.7. The summed E-state index contributed by atoms with van der Waals surface area (Å²) in [5.74, 6) is -0.644. The third-order valence-corrected chi connectivity index (χ3v) is 3.89. The van der Waals surface area contributed by atoms with E-state index in [0.29, 0.717) is 11.3 Å². The minimum absolute atomic E-state index is 0.182. The largest absolute Gasteiger partial charge is 0.496 e. The minimum Gasteiger partial charge on any atom is -0.496 e. The van der Waals surface area contributed by atoms with Gasteiger partial charge in [0.15, 0.2) is 0 Å². The highest BCUT2D eigenvalue weighted by Crippen LogP contribution is 2.31. The fraction of sp³-hybridized carbons (Fsp3) is 0.125. The highest BCUT2D eigenvalue weighted by molar-refractivity contribution is 9.10. The molecule has 7 heteroatoms. The van der Waals surface area contributed by atoms with E-state index < -0.39 is 5.97 Å². The quantitative estimate of drug-likeness (QED) is 0.786. The Morgan fingerprint density at radius 3 is 2.35 bits per heavy atom. The van der Waals surface area contributed by atoms with Crippen LogP contribution >= 0.6 is 27.5 Å². The number of benzene rings is 2. The van der Waals surface area contributed by atoms with Crippen LogP contribution in [0.25, 0.3) is 0 Å². The molecule has 0 aliphatic rings. The number of methoxy groups -OCH3 is 2. The van der Waals surface area contributed by atoms with Gasteiger partial charge in [-0.15, -0.1) is 0 Å². The van der Waals surface area contributed by atoms with E-state index >= 15 is 0 Å². The second-order valence-electron chi connectivity index (χ2n) is 4.48. The molecule has 2 aromatic carbocycles. The molecule has 0 bridgehead atoms. The van der Waals surface area contributed by atoms with Crippen molar-refractivity contribution in [3.05, 3.63) is 57.0 Å². The number of nitrogens with one attached hydrogen (secondary N) is 1. The predicted molar refractivity (Wildman–Crippen MR) is 91.4 cm³/mol. The monoisotopic (exact) mass is 397 g/mol. The Kier molecular flexibility index (Phi) is 5.63. The van der Waals surface area contributed by atoms with Crippen molar-refractivity contribution >= 4 is 45.1 Å². The maximum atomic E-state index is 12.2. The lowest BCUT2D eigenvalue weighted by Crippen LogP contribution is -2.13. The van der Waals surface area contributed by atoms with Gasteiger partial charge in [-0.1, -0.05) is 27.5 Å². The van der Waals surface area contributed by atoms with Crippen LogP contribution in [0.3, 0.4) is 0 Å². The Morgan fingerprint density at radius 2 is 1.78 bits per heavy atom. The molecule has 0 saturated carbocycles. The number of rotatable bonds is 4. The zero-order valence-corrected chi connectivity index (χ0v) is 14.7. The van der Waals surface area contributed by atoms with Gasteiger partial charge in [0.2, 0.25) is 0 Å². The molecule has 0 fully saturated rings. The lowest BCUT2D eigenvalue weighted by molar-refractivity contribution is 0.0597. The van der Waals surface area contributed by atoms with E-state index in [1.807, 2.05) is 0 Å². The number of esters is 1. The van der Waals surface area contributed by atoms with Crippen LogP contribution in [-0.4, -0.2) is 26.1 Å². The summed E-state index contributed by atoms with van der Waals surface area (Å²) in [5.41, 5.74) is 0.992. The Morgan fingerprint density at radius 1 is 1.13 bits per heavy atom. The molecule has 1 amide bonds. The Labute approximate surface area is 146 Å². The van der Waals surface area contributed by atoms with Crippen LogP contribution in [0, 0.1) is 0 Å². The third kappa shape index (κ3) is 4.03.